The number of anilines is 2. The molecule has 0 unspecified atom stereocenters. The van der Waals surface area contributed by atoms with Crippen molar-refractivity contribution in [3.05, 3.63) is 107 Å². The van der Waals surface area contributed by atoms with Crippen LogP contribution in [-0.2, 0) is 0 Å². The second-order valence-electron chi connectivity index (χ2n) is 6.77. The van der Waals surface area contributed by atoms with Crippen LogP contribution >= 0.6 is 0 Å². The summed E-state index contributed by atoms with van der Waals surface area (Å²) in [6.45, 7) is 4.27. The molecule has 2 heteroatoms. The molecule has 4 N–H and O–H groups in total. The monoisotopic (exact) mass is 368 g/mol. The standard InChI is InChI=1S/C26H28N2/c1-3-11-21(19-13-7-5-8-14-19)23-17-18-24(26(28)25(23)27)22(12-4-2)20-15-9-6-10-16-20/h5-18H,3-4,27-28H2,1-2H3/b21-11-,22-12-. The Labute approximate surface area is 168 Å². The summed E-state index contributed by atoms with van der Waals surface area (Å²) in [5, 5.41) is 0. The summed E-state index contributed by atoms with van der Waals surface area (Å²) >= 11 is 0. The van der Waals surface area contributed by atoms with E-state index >= 15 is 0 Å². The highest BCUT2D eigenvalue weighted by Crippen LogP contribution is 2.38. The molecule has 142 valence electrons. The third kappa shape index (κ3) is 4.01. The van der Waals surface area contributed by atoms with E-state index in [0.29, 0.717) is 11.4 Å². The Kier molecular flexibility index (Phi) is 6.33. The Morgan fingerprint density at radius 2 is 0.964 bits per heavy atom. The minimum atomic E-state index is 0.638. The van der Waals surface area contributed by atoms with Crippen molar-refractivity contribution in [2.45, 2.75) is 26.7 Å². The van der Waals surface area contributed by atoms with Gasteiger partial charge in [0.05, 0.1) is 11.4 Å². The number of hydrogen-bond acceptors (Lipinski definition) is 2. The van der Waals surface area contributed by atoms with Crippen molar-refractivity contribution in [2.75, 3.05) is 11.5 Å². The Bertz CT molecular complexity index is 901. The van der Waals surface area contributed by atoms with Crippen molar-refractivity contribution in [1.82, 2.24) is 0 Å². The molecule has 3 aromatic rings. The first-order valence-corrected chi connectivity index (χ1v) is 9.87. The third-order valence-corrected chi connectivity index (χ3v) is 4.85. The Morgan fingerprint density at radius 3 is 1.29 bits per heavy atom. The minimum absolute atomic E-state index is 0.638. The molecular formula is C26H28N2. The highest BCUT2D eigenvalue weighted by Gasteiger charge is 2.16. The number of nitrogens with two attached hydrogens (primary N) is 2. The Balaban J connectivity index is 2.13. The molecule has 0 saturated carbocycles. The van der Waals surface area contributed by atoms with Gasteiger partial charge in [-0.15, -0.1) is 0 Å². The lowest BCUT2D eigenvalue weighted by Gasteiger charge is -2.18. The van der Waals surface area contributed by atoms with Gasteiger partial charge in [-0.05, 0) is 35.1 Å². The van der Waals surface area contributed by atoms with E-state index in [1.54, 1.807) is 0 Å². The first-order valence-electron chi connectivity index (χ1n) is 9.87. The Hall–Kier alpha value is -3.26. The summed E-state index contributed by atoms with van der Waals surface area (Å²) in [4.78, 5) is 0. The van der Waals surface area contributed by atoms with Crippen molar-refractivity contribution >= 4 is 22.5 Å². The first kappa shape index (κ1) is 19.5. The van der Waals surface area contributed by atoms with Crippen molar-refractivity contribution < 1.29 is 0 Å². The molecular weight excluding hydrogens is 340 g/mol. The Morgan fingerprint density at radius 1 is 0.607 bits per heavy atom. The van der Waals surface area contributed by atoms with Gasteiger partial charge in [-0.2, -0.15) is 0 Å². The SMILES string of the molecule is CC/C=C(/c1ccccc1)c1ccc(/C(=C\CC)c2ccccc2)c(N)c1N. The molecule has 0 atom stereocenters. The van der Waals surface area contributed by atoms with Crippen LogP contribution in [0.4, 0.5) is 11.4 Å². The molecule has 0 heterocycles. The van der Waals surface area contributed by atoms with E-state index in [-0.39, 0.29) is 0 Å². The lowest BCUT2D eigenvalue weighted by Crippen LogP contribution is -2.05. The van der Waals surface area contributed by atoms with Gasteiger partial charge in [0.2, 0.25) is 0 Å². The molecule has 0 bridgehead atoms. The average molecular weight is 369 g/mol. The van der Waals surface area contributed by atoms with E-state index in [1.165, 1.54) is 0 Å². The lowest BCUT2D eigenvalue weighted by atomic mass is 9.90. The van der Waals surface area contributed by atoms with E-state index in [2.05, 4.69) is 62.4 Å². The van der Waals surface area contributed by atoms with E-state index < -0.39 is 0 Å². The van der Waals surface area contributed by atoms with Crippen molar-refractivity contribution in [2.24, 2.45) is 0 Å². The number of allylic oxidation sites excluding steroid dienone is 2. The van der Waals surface area contributed by atoms with Gasteiger partial charge in [-0.25, -0.2) is 0 Å². The fourth-order valence-corrected chi connectivity index (χ4v) is 3.52. The zero-order chi connectivity index (χ0) is 19.9. The van der Waals surface area contributed by atoms with Crippen molar-refractivity contribution in [3.63, 3.8) is 0 Å². The number of benzene rings is 3. The van der Waals surface area contributed by atoms with Gasteiger partial charge in [0.15, 0.2) is 0 Å². The highest BCUT2D eigenvalue weighted by molar-refractivity contribution is 5.96. The average Bonchev–Trinajstić information content (AvgIpc) is 2.74. The maximum absolute atomic E-state index is 6.57. The van der Waals surface area contributed by atoms with Crippen LogP contribution < -0.4 is 11.5 Å². The summed E-state index contributed by atoms with van der Waals surface area (Å²) in [5.41, 5.74) is 20.9. The largest absolute Gasteiger partial charge is 0.397 e. The van der Waals surface area contributed by atoms with Crippen LogP contribution in [0.25, 0.3) is 11.1 Å². The zero-order valence-electron chi connectivity index (χ0n) is 16.7. The zero-order valence-corrected chi connectivity index (χ0v) is 16.7. The van der Waals surface area contributed by atoms with Gasteiger partial charge in [0.25, 0.3) is 0 Å². The molecule has 0 spiro atoms. The summed E-state index contributed by atoms with van der Waals surface area (Å²) < 4.78 is 0. The van der Waals surface area contributed by atoms with E-state index in [9.17, 15) is 0 Å². The van der Waals surface area contributed by atoms with E-state index in [1.807, 2.05) is 36.4 Å². The summed E-state index contributed by atoms with van der Waals surface area (Å²) in [6.07, 6.45) is 6.27. The van der Waals surface area contributed by atoms with Crippen LogP contribution in [0.1, 0.15) is 48.9 Å². The maximum atomic E-state index is 6.57. The van der Waals surface area contributed by atoms with Gasteiger partial charge in [0, 0.05) is 11.1 Å². The summed E-state index contributed by atoms with van der Waals surface area (Å²) in [6, 6.07) is 24.9. The van der Waals surface area contributed by atoms with Crippen molar-refractivity contribution in [1.29, 1.82) is 0 Å². The second-order valence-corrected chi connectivity index (χ2v) is 6.77. The normalized spacial score (nSPS) is 12.2. The van der Waals surface area contributed by atoms with Crippen molar-refractivity contribution in [3.8, 4) is 0 Å². The van der Waals surface area contributed by atoms with E-state index in [4.69, 9.17) is 11.5 Å². The van der Waals surface area contributed by atoms with Crippen LogP contribution in [-0.4, -0.2) is 0 Å². The van der Waals surface area contributed by atoms with Crippen LogP contribution in [0.2, 0.25) is 0 Å². The molecule has 3 rings (SSSR count). The van der Waals surface area contributed by atoms with Crippen LogP contribution in [0.5, 0.6) is 0 Å². The predicted molar refractivity (Wildman–Crippen MR) is 123 cm³/mol. The molecule has 0 aliphatic carbocycles. The number of hydrogen-bond donors (Lipinski definition) is 2. The molecule has 0 fully saturated rings. The topological polar surface area (TPSA) is 52.0 Å². The fourth-order valence-electron chi connectivity index (χ4n) is 3.52. The molecule has 0 aromatic heterocycles. The molecule has 0 aliphatic heterocycles. The number of nitrogen functional groups attached to an aromatic ring is 2. The van der Waals surface area contributed by atoms with Gasteiger partial charge >= 0.3 is 0 Å². The number of rotatable bonds is 6. The lowest BCUT2D eigenvalue weighted by molar-refractivity contribution is 1.22. The molecule has 0 radical (unpaired) electrons. The van der Waals surface area contributed by atoms with Gasteiger partial charge < -0.3 is 11.5 Å². The van der Waals surface area contributed by atoms with Crippen LogP contribution in [0.3, 0.4) is 0 Å². The first-order chi connectivity index (χ1) is 13.7. The molecule has 0 aliphatic rings. The van der Waals surface area contributed by atoms with E-state index in [0.717, 1.165) is 46.2 Å². The molecule has 3 aromatic carbocycles. The quantitative estimate of drug-likeness (QED) is 0.486. The highest BCUT2D eigenvalue weighted by atomic mass is 14.7. The second kappa shape index (κ2) is 9.09. The van der Waals surface area contributed by atoms with Gasteiger partial charge in [-0.1, -0.05) is 98.8 Å². The summed E-state index contributed by atoms with van der Waals surface area (Å²) in [5.74, 6) is 0. The van der Waals surface area contributed by atoms with Crippen LogP contribution in [0.15, 0.2) is 84.9 Å². The molecule has 0 saturated heterocycles. The predicted octanol–water partition coefficient (Wildman–Crippen LogP) is 6.53. The third-order valence-electron chi connectivity index (χ3n) is 4.85. The molecule has 0 amide bonds. The molecule has 28 heavy (non-hydrogen) atoms. The fraction of sp³-hybridized carbons (Fsp3) is 0.154. The van der Waals surface area contributed by atoms with Gasteiger partial charge in [-0.3, -0.25) is 0 Å². The molecule has 2 nitrogen and oxygen atoms in total. The van der Waals surface area contributed by atoms with Crippen LogP contribution in [0, 0.1) is 0 Å². The summed E-state index contributed by atoms with van der Waals surface area (Å²) in [7, 11) is 0. The smallest absolute Gasteiger partial charge is 0.0633 e. The maximum Gasteiger partial charge on any atom is 0.0633 e. The minimum Gasteiger partial charge on any atom is -0.397 e. The van der Waals surface area contributed by atoms with Gasteiger partial charge in [0.1, 0.15) is 0 Å².